The quantitative estimate of drug-likeness (QED) is 0.680. The average molecular weight is 209 g/mol. The number of H-pyrrole nitrogens is 1. The first kappa shape index (κ1) is 10.1. The molecule has 1 N–H and O–H groups in total. The minimum Gasteiger partial charge on any atom is -0.358 e. The smallest absolute Gasteiger partial charge is 0.160 e. The van der Waals surface area contributed by atoms with E-state index >= 15 is 0 Å². The minimum absolute atomic E-state index is 0.0496. The van der Waals surface area contributed by atoms with Crippen LogP contribution in [0.4, 0.5) is 8.78 Å². The van der Waals surface area contributed by atoms with Gasteiger partial charge in [-0.15, -0.1) is 0 Å². The van der Waals surface area contributed by atoms with Crippen molar-refractivity contribution in [2.75, 3.05) is 0 Å². The van der Waals surface area contributed by atoms with Crippen molar-refractivity contribution in [1.82, 2.24) is 4.98 Å². The van der Waals surface area contributed by atoms with Crippen LogP contribution in [0, 0.1) is 11.6 Å². The summed E-state index contributed by atoms with van der Waals surface area (Å²) in [6.45, 7) is 6.14. The molecule has 0 bridgehead atoms. The van der Waals surface area contributed by atoms with E-state index in [-0.39, 0.29) is 5.41 Å². The van der Waals surface area contributed by atoms with Crippen molar-refractivity contribution in [2.45, 2.75) is 26.2 Å². The van der Waals surface area contributed by atoms with Crippen molar-refractivity contribution in [2.24, 2.45) is 0 Å². The Morgan fingerprint density at radius 3 is 2.20 bits per heavy atom. The summed E-state index contributed by atoms with van der Waals surface area (Å²) in [6, 6.07) is 4.27. The number of hydrogen-bond donors (Lipinski definition) is 1. The van der Waals surface area contributed by atoms with E-state index in [4.69, 9.17) is 0 Å². The number of hydrogen-bond acceptors (Lipinski definition) is 0. The van der Waals surface area contributed by atoms with Gasteiger partial charge in [0.25, 0.3) is 0 Å². The number of aromatic nitrogens is 1. The van der Waals surface area contributed by atoms with Gasteiger partial charge in [0.2, 0.25) is 0 Å². The van der Waals surface area contributed by atoms with Crippen molar-refractivity contribution in [3.05, 3.63) is 35.5 Å². The van der Waals surface area contributed by atoms with E-state index < -0.39 is 11.6 Å². The van der Waals surface area contributed by atoms with Gasteiger partial charge in [0.05, 0.1) is 0 Å². The summed E-state index contributed by atoms with van der Waals surface area (Å²) in [6.07, 6.45) is 0. The third-order valence-corrected chi connectivity index (χ3v) is 2.47. The molecule has 1 aromatic carbocycles. The predicted molar refractivity (Wildman–Crippen MR) is 56.9 cm³/mol. The Balaban J connectivity index is 2.66. The van der Waals surface area contributed by atoms with Crippen LogP contribution in [0.15, 0.2) is 18.2 Å². The standard InChI is InChI=1S/C12H13F2N/c1-12(2,3)11-5-7-4-8(13)9(14)6-10(7)15-11/h4-6,15H,1-3H3. The molecule has 2 aromatic rings. The molecule has 0 amide bonds. The lowest BCUT2D eigenvalue weighted by Crippen LogP contribution is -2.10. The number of rotatable bonds is 0. The van der Waals surface area contributed by atoms with Crippen molar-refractivity contribution in [3.63, 3.8) is 0 Å². The molecule has 3 heteroatoms. The van der Waals surface area contributed by atoms with Crippen LogP contribution in [0.1, 0.15) is 26.5 Å². The number of fused-ring (bicyclic) bond motifs is 1. The lowest BCUT2D eigenvalue weighted by molar-refractivity contribution is 0.511. The maximum absolute atomic E-state index is 13.0. The Kier molecular flexibility index (Phi) is 2.07. The predicted octanol–water partition coefficient (Wildman–Crippen LogP) is 3.74. The van der Waals surface area contributed by atoms with Gasteiger partial charge < -0.3 is 4.98 Å². The van der Waals surface area contributed by atoms with Gasteiger partial charge in [0.15, 0.2) is 11.6 Å². The summed E-state index contributed by atoms with van der Waals surface area (Å²) in [7, 11) is 0. The Morgan fingerprint density at radius 1 is 1.00 bits per heavy atom. The molecule has 0 saturated heterocycles. The molecule has 0 aliphatic carbocycles. The lowest BCUT2D eigenvalue weighted by atomic mass is 9.92. The Hall–Kier alpha value is -1.38. The molecule has 1 aromatic heterocycles. The minimum atomic E-state index is -0.815. The second-order valence-electron chi connectivity index (χ2n) is 4.79. The zero-order valence-electron chi connectivity index (χ0n) is 8.99. The van der Waals surface area contributed by atoms with E-state index in [0.717, 1.165) is 5.69 Å². The largest absolute Gasteiger partial charge is 0.358 e. The third-order valence-electron chi connectivity index (χ3n) is 2.47. The molecule has 0 aliphatic rings. The first-order valence-electron chi connectivity index (χ1n) is 4.86. The first-order chi connectivity index (χ1) is 6.88. The van der Waals surface area contributed by atoms with E-state index in [1.807, 2.05) is 26.8 Å². The molecular formula is C12H13F2N. The summed E-state index contributed by atoms with van der Waals surface area (Å²) < 4.78 is 25.9. The summed E-state index contributed by atoms with van der Waals surface area (Å²) in [4.78, 5) is 3.10. The zero-order valence-corrected chi connectivity index (χ0v) is 8.99. The number of nitrogens with one attached hydrogen (secondary N) is 1. The maximum Gasteiger partial charge on any atom is 0.160 e. The molecule has 0 aliphatic heterocycles. The average Bonchev–Trinajstić information content (AvgIpc) is 2.47. The number of halogens is 2. The van der Waals surface area contributed by atoms with Crippen molar-refractivity contribution >= 4 is 10.9 Å². The van der Waals surface area contributed by atoms with E-state index in [1.165, 1.54) is 12.1 Å². The lowest BCUT2D eigenvalue weighted by Gasteiger charge is -2.15. The molecule has 15 heavy (non-hydrogen) atoms. The highest BCUT2D eigenvalue weighted by molar-refractivity contribution is 5.80. The molecule has 1 heterocycles. The van der Waals surface area contributed by atoms with Gasteiger partial charge >= 0.3 is 0 Å². The molecule has 80 valence electrons. The maximum atomic E-state index is 13.0. The molecule has 0 unspecified atom stereocenters. The van der Waals surface area contributed by atoms with Crippen LogP contribution in [-0.4, -0.2) is 4.98 Å². The van der Waals surface area contributed by atoms with Gasteiger partial charge in [-0.2, -0.15) is 0 Å². The van der Waals surface area contributed by atoms with Crippen molar-refractivity contribution in [3.8, 4) is 0 Å². The van der Waals surface area contributed by atoms with Crippen LogP contribution in [-0.2, 0) is 5.41 Å². The summed E-state index contributed by atoms with van der Waals surface area (Å²) in [5, 5.41) is 0.707. The van der Waals surface area contributed by atoms with Crippen LogP contribution in [0.3, 0.4) is 0 Å². The number of aromatic amines is 1. The van der Waals surface area contributed by atoms with E-state index in [0.29, 0.717) is 10.9 Å². The second-order valence-corrected chi connectivity index (χ2v) is 4.79. The highest BCUT2D eigenvalue weighted by Gasteiger charge is 2.17. The fraction of sp³-hybridized carbons (Fsp3) is 0.333. The fourth-order valence-electron chi connectivity index (χ4n) is 1.53. The van der Waals surface area contributed by atoms with Gasteiger partial charge in [-0.05, 0) is 12.1 Å². The zero-order chi connectivity index (χ0) is 11.2. The molecule has 0 spiro atoms. The SMILES string of the molecule is CC(C)(C)c1cc2cc(F)c(F)cc2[nH]1. The molecule has 2 rings (SSSR count). The fourth-order valence-corrected chi connectivity index (χ4v) is 1.53. The van der Waals surface area contributed by atoms with Gasteiger partial charge in [0.1, 0.15) is 0 Å². The normalized spacial score (nSPS) is 12.3. The van der Waals surface area contributed by atoms with E-state index in [2.05, 4.69) is 4.98 Å². The monoisotopic (exact) mass is 209 g/mol. The Morgan fingerprint density at radius 2 is 1.60 bits per heavy atom. The van der Waals surface area contributed by atoms with Crippen LogP contribution in [0.2, 0.25) is 0 Å². The molecule has 0 saturated carbocycles. The molecular weight excluding hydrogens is 196 g/mol. The molecule has 0 radical (unpaired) electrons. The van der Waals surface area contributed by atoms with Crippen molar-refractivity contribution in [1.29, 1.82) is 0 Å². The van der Waals surface area contributed by atoms with E-state index in [1.54, 1.807) is 0 Å². The van der Waals surface area contributed by atoms with Crippen LogP contribution >= 0.6 is 0 Å². The summed E-state index contributed by atoms with van der Waals surface area (Å²) in [5.41, 5.74) is 1.56. The van der Waals surface area contributed by atoms with Gasteiger partial charge in [-0.25, -0.2) is 8.78 Å². The van der Waals surface area contributed by atoms with Crippen LogP contribution < -0.4 is 0 Å². The number of benzene rings is 1. The highest BCUT2D eigenvalue weighted by Crippen LogP contribution is 2.26. The Bertz CT molecular complexity index is 467. The van der Waals surface area contributed by atoms with Gasteiger partial charge in [-0.1, -0.05) is 20.8 Å². The van der Waals surface area contributed by atoms with Gasteiger partial charge in [-0.3, -0.25) is 0 Å². The van der Waals surface area contributed by atoms with Crippen molar-refractivity contribution < 1.29 is 8.78 Å². The third kappa shape index (κ3) is 1.74. The topological polar surface area (TPSA) is 15.8 Å². The van der Waals surface area contributed by atoms with Crippen LogP contribution in [0.25, 0.3) is 10.9 Å². The second kappa shape index (κ2) is 3.05. The first-order valence-corrected chi connectivity index (χ1v) is 4.86. The molecule has 1 nitrogen and oxygen atoms in total. The molecule has 0 atom stereocenters. The summed E-state index contributed by atoms with van der Waals surface area (Å²) >= 11 is 0. The highest BCUT2D eigenvalue weighted by atomic mass is 19.2. The van der Waals surface area contributed by atoms with Crippen LogP contribution in [0.5, 0.6) is 0 Å². The van der Waals surface area contributed by atoms with E-state index in [9.17, 15) is 8.78 Å². The van der Waals surface area contributed by atoms with Gasteiger partial charge in [0, 0.05) is 28.1 Å². The Labute approximate surface area is 87.1 Å². The summed E-state index contributed by atoms with van der Waals surface area (Å²) in [5.74, 6) is -1.62. The molecule has 0 fully saturated rings.